The van der Waals surface area contributed by atoms with Crippen molar-refractivity contribution in [2.75, 3.05) is 12.4 Å². The second kappa shape index (κ2) is 5.58. The van der Waals surface area contributed by atoms with E-state index in [0.717, 1.165) is 5.56 Å². The Kier molecular flexibility index (Phi) is 3.46. The van der Waals surface area contributed by atoms with Crippen LogP contribution in [0, 0.1) is 6.92 Å². The van der Waals surface area contributed by atoms with Gasteiger partial charge in [-0.15, -0.1) is 0 Å². The molecular weight excluding hydrogens is 268 g/mol. The highest BCUT2D eigenvalue weighted by molar-refractivity contribution is 5.33. The van der Waals surface area contributed by atoms with Crippen molar-refractivity contribution in [3.63, 3.8) is 0 Å². The topological polar surface area (TPSA) is 77.8 Å². The van der Waals surface area contributed by atoms with Gasteiger partial charge in [-0.1, -0.05) is 12.1 Å². The second-order valence-electron chi connectivity index (χ2n) is 4.36. The molecule has 0 saturated heterocycles. The molecule has 7 nitrogen and oxygen atoms in total. The van der Waals surface area contributed by atoms with Gasteiger partial charge in [-0.25, -0.2) is 4.68 Å². The van der Waals surface area contributed by atoms with Crippen LogP contribution in [0.3, 0.4) is 0 Å². The molecule has 0 unspecified atom stereocenters. The summed E-state index contributed by atoms with van der Waals surface area (Å²) in [6.07, 6.45) is 3.41. The van der Waals surface area contributed by atoms with Crippen LogP contribution in [0.4, 0.5) is 5.95 Å². The Bertz CT molecular complexity index is 741. The van der Waals surface area contributed by atoms with Gasteiger partial charge in [0.25, 0.3) is 5.95 Å². The number of rotatable bonds is 4. The Balaban J connectivity index is 1.96. The summed E-state index contributed by atoms with van der Waals surface area (Å²) in [6.45, 7) is 1.99. The van der Waals surface area contributed by atoms with Gasteiger partial charge in [0.2, 0.25) is 5.95 Å². The summed E-state index contributed by atoms with van der Waals surface area (Å²) in [5.41, 5.74) is 1.10. The maximum atomic E-state index is 5.70. The molecule has 2 aromatic heterocycles. The number of hydrogen-bond acceptors (Lipinski definition) is 6. The van der Waals surface area contributed by atoms with E-state index in [1.807, 2.05) is 31.2 Å². The van der Waals surface area contributed by atoms with E-state index < -0.39 is 0 Å². The number of hydrogen-bond donors (Lipinski definition) is 1. The number of aromatic nitrogens is 5. The first-order chi connectivity index (χ1) is 10.2. The van der Waals surface area contributed by atoms with E-state index in [0.29, 0.717) is 17.6 Å². The van der Waals surface area contributed by atoms with Gasteiger partial charge in [-0.2, -0.15) is 20.1 Å². The number of benzene rings is 1. The molecule has 1 N–H and O–H groups in total. The summed E-state index contributed by atoms with van der Waals surface area (Å²) in [7, 11) is 1.73. The molecule has 0 aliphatic rings. The maximum absolute atomic E-state index is 5.70. The smallest absolute Gasteiger partial charge is 0.328 e. The molecule has 21 heavy (non-hydrogen) atoms. The summed E-state index contributed by atoms with van der Waals surface area (Å²) in [4.78, 5) is 12.7. The molecule has 2 heterocycles. The lowest BCUT2D eigenvalue weighted by Crippen LogP contribution is -2.08. The fraction of sp³-hybridized carbons (Fsp3) is 0.143. The average Bonchev–Trinajstić information content (AvgIpc) is 3.01. The van der Waals surface area contributed by atoms with Gasteiger partial charge in [0.1, 0.15) is 5.75 Å². The van der Waals surface area contributed by atoms with E-state index in [9.17, 15) is 0 Å². The van der Waals surface area contributed by atoms with Crippen LogP contribution in [0.1, 0.15) is 5.56 Å². The van der Waals surface area contributed by atoms with Crippen LogP contribution in [0.25, 0.3) is 5.95 Å². The van der Waals surface area contributed by atoms with Crippen LogP contribution in [-0.4, -0.2) is 31.8 Å². The van der Waals surface area contributed by atoms with Crippen molar-refractivity contribution >= 4 is 5.95 Å². The lowest BCUT2D eigenvalue weighted by molar-refractivity contribution is 0.438. The molecule has 0 saturated carbocycles. The van der Waals surface area contributed by atoms with Gasteiger partial charge in [-0.05, 0) is 30.7 Å². The van der Waals surface area contributed by atoms with Crippen LogP contribution < -0.4 is 10.1 Å². The predicted octanol–water partition coefficient (Wildman–Crippen LogP) is 2.20. The molecule has 0 amide bonds. The molecule has 0 aliphatic heterocycles. The summed E-state index contributed by atoms with van der Waals surface area (Å²) in [5.74, 6) is 1.48. The minimum atomic E-state index is 0.213. The van der Waals surface area contributed by atoms with Crippen molar-refractivity contribution in [1.29, 1.82) is 0 Å². The maximum Gasteiger partial charge on any atom is 0.328 e. The third-order valence-electron chi connectivity index (χ3n) is 2.73. The van der Waals surface area contributed by atoms with Crippen LogP contribution in [0.15, 0.2) is 42.7 Å². The first-order valence-corrected chi connectivity index (χ1v) is 6.43. The molecule has 0 fully saturated rings. The molecule has 7 heteroatoms. The van der Waals surface area contributed by atoms with E-state index in [4.69, 9.17) is 4.74 Å². The molecule has 0 spiro atoms. The first-order valence-electron chi connectivity index (χ1n) is 6.43. The van der Waals surface area contributed by atoms with Crippen LogP contribution >= 0.6 is 0 Å². The fourth-order valence-corrected chi connectivity index (χ4v) is 1.78. The van der Waals surface area contributed by atoms with Gasteiger partial charge in [0.05, 0.1) is 0 Å². The molecule has 3 aromatic rings. The Hall–Kier alpha value is -2.96. The number of ether oxygens (including phenoxy) is 1. The minimum absolute atomic E-state index is 0.213. The van der Waals surface area contributed by atoms with Crippen molar-refractivity contribution in [3.8, 4) is 17.7 Å². The molecule has 0 aliphatic carbocycles. The zero-order chi connectivity index (χ0) is 14.7. The predicted molar refractivity (Wildman–Crippen MR) is 77.7 cm³/mol. The SMILES string of the molecule is CNc1nc(Oc2cccc(C)c2)nc(-n2cccn2)n1. The molecule has 3 rings (SSSR count). The van der Waals surface area contributed by atoms with Crippen molar-refractivity contribution in [2.45, 2.75) is 6.92 Å². The lowest BCUT2D eigenvalue weighted by atomic mass is 10.2. The van der Waals surface area contributed by atoms with Crippen molar-refractivity contribution < 1.29 is 4.74 Å². The normalized spacial score (nSPS) is 10.4. The van der Waals surface area contributed by atoms with E-state index in [2.05, 4.69) is 25.4 Å². The largest absolute Gasteiger partial charge is 0.424 e. The molecule has 0 bridgehead atoms. The Morgan fingerprint density at radius 2 is 2.05 bits per heavy atom. The van der Waals surface area contributed by atoms with Gasteiger partial charge in [0.15, 0.2) is 0 Å². The highest BCUT2D eigenvalue weighted by Gasteiger charge is 2.09. The molecule has 1 aromatic carbocycles. The Morgan fingerprint density at radius 1 is 1.14 bits per heavy atom. The standard InChI is InChI=1S/C14H14N6O/c1-10-5-3-6-11(9-10)21-14-18-12(15-2)17-13(19-14)20-8-4-7-16-20/h3-9H,1-2H3,(H,15,17,18,19). The molecule has 106 valence electrons. The van der Waals surface area contributed by atoms with Crippen molar-refractivity contribution in [3.05, 3.63) is 48.3 Å². The number of anilines is 1. The van der Waals surface area contributed by atoms with Gasteiger partial charge in [-0.3, -0.25) is 0 Å². The quantitative estimate of drug-likeness (QED) is 0.790. The van der Waals surface area contributed by atoms with E-state index in [-0.39, 0.29) is 6.01 Å². The van der Waals surface area contributed by atoms with E-state index in [1.54, 1.807) is 30.2 Å². The highest BCUT2D eigenvalue weighted by atomic mass is 16.5. The number of nitrogens with one attached hydrogen (secondary N) is 1. The number of aryl methyl sites for hydroxylation is 1. The van der Waals surface area contributed by atoms with Crippen molar-refractivity contribution in [2.24, 2.45) is 0 Å². The monoisotopic (exact) mass is 282 g/mol. The first kappa shape index (κ1) is 13.0. The Morgan fingerprint density at radius 3 is 2.76 bits per heavy atom. The minimum Gasteiger partial charge on any atom is -0.424 e. The van der Waals surface area contributed by atoms with Crippen LogP contribution in [-0.2, 0) is 0 Å². The summed E-state index contributed by atoms with van der Waals surface area (Å²) < 4.78 is 7.24. The van der Waals surface area contributed by atoms with E-state index >= 15 is 0 Å². The van der Waals surface area contributed by atoms with Gasteiger partial charge >= 0.3 is 6.01 Å². The zero-order valence-corrected chi connectivity index (χ0v) is 11.7. The Labute approximate surface area is 121 Å². The molecule has 0 radical (unpaired) electrons. The van der Waals surface area contributed by atoms with E-state index in [1.165, 1.54) is 0 Å². The van der Waals surface area contributed by atoms with Crippen LogP contribution in [0.2, 0.25) is 0 Å². The second-order valence-corrected chi connectivity index (χ2v) is 4.36. The lowest BCUT2D eigenvalue weighted by Gasteiger charge is -2.08. The number of nitrogens with zero attached hydrogens (tertiary/aromatic N) is 5. The summed E-state index contributed by atoms with van der Waals surface area (Å²) >= 11 is 0. The van der Waals surface area contributed by atoms with Crippen LogP contribution in [0.5, 0.6) is 11.8 Å². The third-order valence-corrected chi connectivity index (χ3v) is 2.73. The van der Waals surface area contributed by atoms with Gasteiger partial charge in [0, 0.05) is 19.4 Å². The zero-order valence-electron chi connectivity index (χ0n) is 11.7. The highest BCUT2D eigenvalue weighted by Crippen LogP contribution is 2.20. The summed E-state index contributed by atoms with van der Waals surface area (Å²) in [6, 6.07) is 9.68. The molecule has 0 atom stereocenters. The fourth-order valence-electron chi connectivity index (χ4n) is 1.78. The van der Waals surface area contributed by atoms with Gasteiger partial charge < -0.3 is 10.1 Å². The molecular formula is C14H14N6O. The average molecular weight is 282 g/mol. The summed E-state index contributed by atoms with van der Waals surface area (Å²) in [5, 5.41) is 6.99. The van der Waals surface area contributed by atoms with Crippen molar-refractivity contribution in [1.82, 2.24) is 24.7 Å². The third kappa shape index (κ3) is 2.97.